The van der Waals surface area contributed by atoms with Crippen LogP contribution in [0.5, 0.6) is 5.75 Å². The number of ketones is 1. The molecule has 1 unspecified atom stereocenters. The van der Waals surface area contributed by atoms with E-state index in [1.807, 2.05) is 0 Å². The highest BCUT2D eigenvalue weighted by atomic mass is 19.1. The Hall–Kier alpha value is -1.38. The fourth-order valence-corrected chi connectivity index (χ4v) is 2.02. The van der Waals surface area contributed by atoms with Gasteiger partial charge in [0.05, 0.1) is 5.56 Å². The SMILES string of the molecule is CC(C)CC1CC(=O)c2cc(F)ccc2O1. The highest BCUT2D eigenvalue weighted by Gasteiger charge is 2.27. The molecular weight excluding hydrogens is 207 g/mol. The van der Waals surface area contributed by atoms with Crippen LogP contribution in [0.3, 0.4) is 0 Å². The van der Waals surface area contributed by atoms with Crippen molar-refractivity contribution in [2.24, 2.45) is 5.92 Å². The quantitative estimate of drug-likeness (QED) is 0.768. The van der Waals surface area contributed by atoms with Gasteiger partial charge in [-0.15, -0.1) is 0 Å². The third-order valence-corrected chi connectivity index (χ3v) is 2.68. The molecule has 1 heterocycles. The van der Waals surface area contributed by atoms with Gasteiger partial charge in [0.2, 0.25) is 0 Å². The largest absolute Gasteiger partial charge is 0.489 e. The predicted octanol–water partition coefficient (Wildman–Crippen LogP) is 3.21. The molecule has 1 aliphatic rings. The van der Waals surface area contributed by atoms with E-state index in [0.29, 0.717) is 23.7 Å². The van der Waals surface area contributed by atoms with E-state index < -0.39 is 5.82 Å². The Labute approximate surface area is 94.4 Å². The Morgan fingerprint density at radius 2 is 2.25 bits per heavy atom. The van der Waals surface area contributed by atoms with Crippen LogP contribution in [0.25, 0.3) is 0 Å². The van der Waals surface area contributed by atoms with E-state index in [9.17, 15) is 9.18 Å². The molecule has 0 radical (unpaired) electrons. The van der Waals surface area contributed by atoms with Crippen molar-refractivity contribution < 1.29 is 13.9 Å². The van der Waals surface area contributed by atoms with Gasteiger partial charge in [-0.3, -0.25) is 4.79 Å². The second-order valence-electron chi connectivity index (χ2n) is 4.64. The summed E-state index contributed by atoms with van der Waals surface area (Å²) in [7, 11) is 0. The summed E-state index contributed by atoms with van der Waals surface area (Å²) in [6.07, 6.45) is 1.14. The van der Waals surface area contributed by atoms with Gasteiger partial charge in [-0.2, -0.15) is 0 Å². The number of hydrogen-bond acceptors (Lipinski definition) is 2. The lowest BCUT2D eigenvalue weighted by molar-refractivity contribution is 0.0819. The summed E-state index contributed by atoms with van der Waals surface area (Å²) in [5, 5.41) is 0. The van der Waals surface area contributed by atoms with Crippen LogP contribution in [-0.4, -0.2) is 11.9 Å². The van der Waals surface area contributed by atoms with Gasteiger partial charge in [0.25, 0.3) is 0 Å². The van der Waals surface area contributed by atoms with Crippen molar-refractivity contribution in [1.29, 1.82) is 0 Å². The van der Waals surface area contributed by atoms with E-state index in [4.69, 9.17) is 4.74 Å². The minimum atomic E-state index is -0.391. The van der Waals surface area contributed by atoms with Gasteiger partial charge in [0, 0.05) is 6.42 Å². The second kappa shape index (κ2) is 4.24. The summed E-state index contributed by atoms with van der Waals surface area (Å²) >= 11 is 0. The molecule has 0 amide bonds. The van der Waals surface area contributed by atoms with Crippen molar-refractivity contribution in [3.63, 3.8) is 0 Å². The van der Waals surface area contributed by atoms with Crippen LogP contribution in [0.1, 0.15) is 37.0 Å². The monoisotopic (exact) mass is 222 g/mol. The normalized spacial score (nSPS) is 19.5. The molecule has 16 heavy (non-hydrogen) atoms. The number of Topliss-reactive ketones (excluding diaryl/α,β-unsaturated/α-hetero) is 1. The van der Waals surface area contributed by atoms with Crippen molar-refractivity contribution in [3.8, 4) is 5.75 Å². The first-order valence-corrected chi connectivity index (χ1v) is 5.55. The van der Waals surface area contributed by atoms with Gasteiger partial charge in [0.15, 0.2) is 5.78 Å². The van der Waals surface area contributed by atoms with E-state index in [1.165, 1.54) is 18.2 Å². The number of carbonyl (C=O) groups is 1. The molecule has 0 saturated heterocycles. The van der Waals surface area contributed by atoms with Crippen molar-refractivity contribution >= 4 is 5.78 Å². The number of rotatable bonds is 2. The fraction of sp³-hybridized carbons (Fsp3) is 0.462. The lowest BCUT2D eigenvalue weighted by Crippen LogP contribution is -2.28. The zero-order valence-corrected chi connectivity index (χ0v) is 9.50. The van der Waals surface area contributed by atoms with Crippen LogP contribution < -0.4 is 4.74 Å². The van der Waals surface area contributed by atoms with E-state index in [-0.39, 0.29) is 11.9 Å². The fourth-order valence-electron chi connectivity index (χ4n) is 2.02. The molecule has 0 N–H and O–H groups in total. The molecule has 2 rings (SSSR count). The summed E-state index contributed by atoms with van der Waals surface area (Å²) in [5.41, 5.74) is 0.375. The van der Waals surface area contributed by atoms with E-state index >= 15 is 0 Å². The minimum absolute atomic E-state index is 0.0219. The topological polar surface area (TPSA) is 26.3 Å². The number of halogens is 1. The van der Waals surface area contributed by atoms with E-state index in [1.54, 1.807) is 0 Å². The molecule has 1 aromatic rings. The molecule has 0 saturated carbocycles. The van der Waals surface area contributed by atoms with E-state index in [2.05, 4.69) is 13.8 Å². The Morgan fingerprint density at radius 1 is 1.50 bits per heavy atom. The first-order chi connectivity index (χ1) is 7.56. The van der Waals surface area contributed by atoms with Gasteiger partial charge in [-0.1, -0.05) is 13.8 Å². The average Bonchev–Trinajstić information content (AvgIpc) is 2.18. The average molecular weight is 222 g/mol. The summed E-state index contributed by atoms with van der Waals surface area (Å²) in [6.45, 7) is 4.18. The smallest absolute Gasteiger partial charge is 0.170 e. The van der Waals surface area contributed by atoms with Crippen molar-refractivity contribution in [3.05, 3.63) is 29.6 Å². The number of fused-ring (bicyclic) bond motifs is 1. The Morgan fingerprint density at radius 3 is 2.94 bits per heavy atom. The zero-order chi connectivity index (χ0) is 11.7. The molecule has 1 aromatic carbocycles. The van der Waals surface area contributed by atoms with Gasteiger partial charge in [-0.25, -0.2) is 4.39 Å². The molecule has 1 aliphatic heterocycles. The van der Waals surface area contributed by atoms with Crippen LogP contribution >= 0.6 is 0 Å². The maximum Gasteiger partial charge on any atom is 0.170 e. The lowest BCUT2D eigenvalue weighted by atomic mass is 9.95. The first kappa shape index (κ1) is 11.1. The Kier molecular flexibility index (Phi) is 2.95. The molecule has 1 atom stereocenters. The van der Waals surface area contributed by atoms with Gasteiger partial charge < -0.3 is 4.74 Å². The van der Waals surface area contributed by atoms with Crippen LogP contribution in [-0.2, 0) is 0 Å². The standard InChI is InChI=1S/C13H15FO2/c1-8(2)5-10-7-12(15)11-6-9(14)3-4-13(11)16-10/h3-4,6,8,10H,5,7H2,1-2H3. The van der Waals surface area contributed by atoms with Crippen LogP contribution in [0.2, 0.25) is 0 Å². The number of ether oxygens (including phenoxy) is 1. The molecule has 0 aliphatic carbocycles. The highest BCUT2D eigenvalue weighted by molar-refractivity contribution is 5.99. The number of hydrogen-bond donors (Lipinski definition) is 0. The number of carbonyl (C=O) groups excluding carboxylic acids is 1. The van der Waals surface area contributed by atoms with Crippen molar-refractivity contribution in [1.82, 2.24) is 0 Å². The number of benzene rings is 1. The molecule has 86 valence electrons. The maximum absolute atomic E-state index is 13.0. The van der Waals surface area contributed by atoms with Crippen molar-refractivity contribution in [2.45, 2.75) is 32.8 Å². The van der Waals surface area contributed by atoms with Crippen LogP contribution in [0, 0.1) is 11.7 Å². The Balaban J connectivity index is 2.23. The third kappa shape index (κ3) is 2.23. The van der Waals surface area contributed by atoms with Gasteiger partial charge >= 0.3 is 0 Å². The van der Waals surface area contributed by atoms with Crippen LogP contribution in [0.15, 0.2) is 18.2 Å². The van der Waals surface area contributed by atoms with E-state index in [0.717, 1.165) is 6.42 Å². The molecule has 3 heteroatoms. The summed E-state index contributed by atoms with van der Waals surface area (Å²) in [4.78, 5) is 11.8. The maximum atomic E-state index is 13.0. The molecule has 0 spiro atoms. The lowest BCUT2D eigenvalue weighted by Gasteiger charge is -2.26. The second-order valence-corrected chi connectivity index (χ2v) is 4.64. The van der Waals surface area contributed by atoms with Gasteiger partial charge in [0.1, 0.15) is 17.7 Å². The third-order valence-electron chi connectivity index (χ3n) is 2.68. The Bertz CT molecular complexity index is 412. The van der Waals surface area contributed by atoms with Crippen molar-refractivity contribution in [2.75, 3.05) is 0 Å². The highest BCUT2D eigenvalue weighted by Crippen LogP contribution is 2.30. The summed E-state index contributed by atoms with van der Waals surface area (Å²) < 4.78 is 18.6. The summed E-state index contributed by atoms with van der Waals surface area (Å²) in [5.74, 6) is 0.590. The first-order valence-electron chi connectivity index (χ1n) is 5.55. The molecule has 0 fully saturated rings. The van der Waals surface area contributed by atoms with Gasteiger partial charge in [-0.05, 0) is 30.5 Å². The predicted molar refractivity (Wildman–Crippen MR) is 59.2 cm³/mol. The zero-order valence-electron chi connectivity index (χ0n) is 9.50. The molecule has 2 nitrogen and oxygen atoms in total. The minimum Gasteiger partial charge on any atom is -0.489 e. The molecular formula is C13H15FO2. The van der Waals surface area contributed by atoms with Crippen LogP contribution in [0.4, 0.5) is 4.39 Å². The molecule has 0 aromatic heterocycles. The molecule has 0 bridgehead atoms. The summed E-state index contributed by atoms with van der Waals surface area (Å²) in [6, 6.07) is 4.11.